The van der Waals surface area contributed by atoms with E-state index in [0.717, 1.165) is 6.42 Å². The Morgan fingerprint density at radius 1 is 1.25 bits per heavy atom. The van der Waals surface area contributed by atoms with Crippen LogP contribution in [0.2, 0.25) is 0 Å². The summed E-state index contributed by atoms with van der Waals surface area (Å²) < 4.78 is 0. The van der Waals surface area contributed by atoms with Crippen LogP contribution in [0.1, 0.15) is 44.9 Å². The third-order valence-corrected chi connectivity index (χ3v) is 2.48. The van der Waals surface area contributed by atoms with Gasteiger partial charge in [-0.2, -0.15) is 0 Å². The Kier molecular flexibility index (Phi) is 8.20. The summed E-state index contributed by atoms with van der Waals surface area (Å²) in [7, 11) is 0. The summed E-state index contributed by atoms with van der Waals surface area (Å²) in [6, 6.07) is 0. The predicted molar refractivity (Wildman–Crippen MR) is 40.8 cm³/mol. The first kappa shape index (κ1) is 13.1. The van der Waals surface area contributed by atoms with Gasteiger partial charge in [0, 0.05) is 5.97 Å². The Labute approximate surface area is 117 Å². The molecule has 3 heteroatoms. The van der Waals surface area contributed by atoms with E-state index >= 15 is 0 Å². The molecule has 0 saturated heterocycles. The second kappa shape index (κ2) is 7.50. The average Bonchev–Trinajstić information content (AvgIpc) is 2.03. The minimum atomic E-state index is -0.893. The molecule has 0 N–H and O–H groups in total. The van der Waals surface area contributed by atoms with Gasteiger partial charge in [-0.05, 0) is 18.8 Å². The molecule has 0 bridgehead atoms. The van der Waals surface area contributed by atoms with Gasteiger partial charge in [0.1, 0.15) is 0 Å². The number of hydrogen-bond acceptors (Lipinski definition) is 2. The summed E-state index contributed by atoms with van der Waals surface area (Å²) in [4.78, 5) is 10.1. The third-order valence-electron chi connectivity index (χ3n) is 2.48. The van der Waals surface area contributed by atoms with Crippen LogP contribution < -0.4 is 56.5 Å². The van der Waals surface area contributed by atoms with Gasteiger partial charge in [0.25, 0.3) is 0 Å². The van der Waals surface area contributed by atoms with Crippen LogP contribution in [0.15, 0.2) is 0 Å². The van der Waals surface area contributed by atoms with Crippen molar-refractivity contribution in [3.63, 3.8) is 0 Å². The first-order valence-electron chi connectivity index (χ1n) is 4.49. The average molecular weight is 194 g/mol. The number of carboxylic acid groups (broad SMARTS) is 1. The maximum absolute atomic E-state index is 10.1. The Morgan fingerprint density at radius 3 is 2.33 bits per heavy atom. The van der Waals surface area contributed by atoms with Crippen molar-refractivity contribution in [3.05, 3.63) is 0 Å². The van der Waals surface area contributed by atoms with Gasteiger partial charge in [-0.1, -0.05) is 32.1 Å². The van der Waals surface area contributed by atoms with Crippen LogP contribution in [-0.4, -0.2) is 5.97 Å². The number of aliphatic carboxylic acids is 1. The van der Waals surface area contributed by atoms with Crippen molar-refractivity contribution < 1.29 is 61.3 Å². The van der Waals surface area contributed by atoms with Gasteiger partial charge in [-0.25, -0.2) is 0 Å². The molecule has 0 aromatic heterocycles. The summed E-state index contributed by atoms with van der Waals surface area (Å²) in [5.74, 6) is -0.225. The molecule has 0 radical (unpaired) electrons. The van der Waals surface area contributed by atoms with E-state index < -0.39 is 5.97 Å². The molecule has 0 aromatic carbocycles. The minimum absolute atomic E-state index is 0. The molecule has 1 aliphatic carbocycles. The topological polar surface area (TPSA) is 40.1 Å². The fourth-order valence-corrected chi connectivity index (χ4v) is 1.80. The van der Waals surface area contributed by atoms with Gasteiger partial charge < -0.3 is 9.90 Å². The number of rotatable bonds is 3. The van der Waals surface area contributed by atoms with Crippen molar-refractivity contribution in [1.82, 2.24) is 0 Å². The summed E-state index contributed by atoms with van der Waals surface area (Å²) in [6.07, 6.45) is 7.46. The van der Waals surface area contributed by atoms with Gasteiger partial charge >= 0.3 is 51.4 Å². The summed E-state index contributed by atoms with van der Waals surface area (Å²) in [5.41, 5.74) is 0. The molecule has 0 atom stereocenters. The molecule has 1 saturated carbocycles. The van der Waals surface area contributed by atoms with E-state index in [2.05, 4.69) is 0 Å². The zero-order chi connectivity index (χ0) is 8.10. The molecule has 0 amide bonds. The molecule has 12 heavy (non-hydrogen) atoms. The van der Waals surface area contributed by atoms with Gasteiger partial charge in [-0.3, -0.25) is 0 Å². The summed E-state index contributed by atoms with van der Waals surface area (Å²) >= 11 is 0. The molecule has 1 aliphatic rings. The first-order valence-corrected chi connectivity index (χ1v) is 4.49. The minimum Gasteiger partial charge on any atom is -0.550 e. The molecule has 0 aromatic rings. The van der Waals surface area contributed by atoms with Crippen LogP contribution in [0.3, 0.4) is 0 Å². The van der Waals surface area contributed by atoms with E-state index in [4.69, 9.17) is 0 Å². The number of carbonyl (C=O) groups excluding carboxylic acids is 1. The molecule has 0 heterocycles. The van der Waals surface area contributed by atoms with E-state index in [0.29, 0.717) is 5.92 Å². The molecule has 0 aliphatic heterocycles. The second-order valence-corrected chi connectivity index (χ2v) is 3.41. The van der Waals surface area contributed by atoms with Crippen LogP contribution in [0, 0.1) is 5.92 Å². The largest absolute Gasteiger partial charge is 1.00 e. The van der Waals surface area contributed by atoms with Crippen LogP contribution in [0.5, 0.6) is 0 Å². The molecule has 0 spiro atoms. The SMILES string of the molecule is O=C([O-])CCC1CCCCC1.[K+]. The molecule has 1 fully saturated rings. The van der Waals surface area contributed by atoms with Gasteiger partial charge in [-0.15, -0.1) is 0 Å². The van der Waals surface area contributed by atoms with E-state index in [1.807, 2.05) is 0 Å². The number of carbonyl (C=O) groups is 1. The van der Waals surface area contributed by atoms with E-state index in [-0.39, 0.29) is 57.8 Å². The molecule has 2 nitrogen and oxygen atoms in total. The molecule has 0 unspecified atom stereocenters. The van der Waals surface area contributed by atoms with Crippen LogP contribution in [0.25, 0.3) is 0 Å². The van der Waals surface area contributed by atoms with E-state index in [9.17, 15) is 9.90 Å². The first-order chi connectivity index (χ1) is 5.29. The Morgan fingerprint density at radius 2 is 1.83 bits per heavy atom. The Bertz CT molecular complexity index is 130. The van der Waals surface area contributed by atoms with Crippen molar-refractivity contribution in [2.45, 2.75) is 44.9 Å². The number of hydrogen-bond donors (Lipinski definition) is 0. The standard InChI is InChI=1S/C9H16O2.K/c10-9(11)7-6-8-4-2-1-3-5-8;/h8H,1-7H2,(H,10,11);/q;+1/p-1. The Balaban J connectivity index is 0.00000121. The van der Waals surface area contributed by atoms with E-state index in [1.165, 1.54) is 32.1 Å². The maximum atomic E-state index is 10.1. The van der Waals surface area contributed by atoms with Crippen LogP contribution in [0.4, 0.5) is 0 Å². The monoisotopic (exact) mass is 194 g/mol. The zero-order valence-electron chi connectivity index (χ0n) is 7.84. The van der Waals surface area contributed by atoms with E-state index in [1.54, 1.807) is 0 Å². The van der Waals surface area contributed by atoms with Crippen molar-refractivity contribution in [2.24, 2.45) is 5.92 Å². The van der Waals surface area contributed by atoms with Crippen LogP contribution in [-0.2, 0) is 4.79 Å². The zero-order valence-corrected chi connectivity index (χ0v) is 11.0. The maximum Gasteiger partial charge on any atom is 1.00 e. The molecular formula is C9H15KO2. The van der Waals surface area contributed by atoms with Gasteiger partial charge in [0.15, 0.2) is 0 Å². The summed E-state index contributed by atoms with van der Waals surface area (Å²) in [6.45, 7) is 0. The normalized spacial score (nSPS) is 18.3. The van der Waals surface area contributed by atoms with Crippen molar-refractivity contribution >= 4 is 5.97 Å². The molecular weight excluding hydrogens is 179 g/mol. The van der Waals surface area contributed by atoms with Crippen molar-refractivity contribution in [1.29, 1.82) is 0 Å². The van der Waals surface area contributed by atoms with Gasteiger partial charge in [0.05, 0.1) is 0 Å². The molecule has 1 rings (SSSR count). The Hall–Kier alpha value is 1.11. The number of carboxylic acids is 1. The second-order valence-electron chi connectivity index (χ2n) is 3.41. The van der Waals surface area contributed by atoms with Crippen molar-refractivity contribution in [3.8, 4) is 0 Å². The van der Waals surface area contributed by atoms with Crippen molar-refractivity contribution in [2.75, 3.05) is 0 Å². The predicted octanol–water partition coefficient (Wildman–Crippen LogP) is -1.90. The van der Waals surface area contributed by atoms with Crippen LogP contribution >= 0.6 is 0 Å². The third kappa shape index (κ3) is 5.70. The smallest absolute Gasteiger partial charge is 0.550 e. The molecule has 64 valence electrons. The summed E-state index contributed by atoms with van der Waals surface area (Å²) in [5, 5.41) is 10.1. The fraction of sp³-hybridized carbons (Fsp3) is 0.889. The fourth-order valence-electron chi connectivity index (χ4n) is 1.80. The quantitative estimate of drug-likeness (QED) is 0.492. The van der Waals surface area contributed by atoms with Gasteiger partial charge in [0.2, 0.25) is 0 Å².